The maximum Gasteiger partial charge on any atom is 0.260 e. The SMILES string of the molecule is CC1CCNCC1NC(=O)c1ccc(OCC(=O)N2C(C)CCCC2C)cc1. The smallest absolute Gasteiger partial charge is 0.260 e. The Hall–Kier alpha value is -2.08. The third-order valence-corrected chi connectivity index (χ3v) is 6.10. The first-order valence-corrected chi connectivity index (χ1v) is 10.5. The van der Waals surface area contributed by atoms with Gasteiger partial charge < -0.3 is 20.3 Å². The quantitative estimate of drug-likeness (QED) is 0.815. The van der Waals surface area contributed by atoms with Gasteiger partial charge in [0.1, 0.15) is 5.75 Å². The van der Waals surface area contributed by atoms with Crippen LogP contribution in [-0.4, -0.2) is 54.5 Å². The summed E-state index contributed by atoms with van der Waals surface area (Å²) in [6.45, 7) is 8.22. The van der Waals surface area contributed by atoms with E-state index >= 15 is 0 Å². The van der Waals surface area contributed by atoms with Crippen LogP contribution in [0, 0.1) is 5.92 Å². The molecule has 2 fully saturated rings. The van der Waals surface area contributed by atoms with E-state index in [1.165, 1.54) is 6.42 Å². The molecule has 4 atom stereocenters. The van der Waals surface area contributed by atoms with Crippen molar-refractivity contribution < 1.29 is 14.3 Å². The predicted molar refractivity (Wildman–Crippen MR) is 109 cm³/mol. The third-order valence-electron chi connectivity index (χ3n) is 6.10. The Balaban J connectivity index is 1.51. The minimum absolute atomic E-state index is 0.0281. The first kappa shape index (κ1) is 20.6. The van der Waals surface area contributed by atoms with Crippen LogP contribution >= 0.6 is 0 Å². The number of hydrogen-bond acceptors (Lipinski definition) is 4. The molecule has 0 aromatic heterocycles. The first-order chi connectivity index (χ1) is 13.5. The molecule has 2 N–H and O–H groups in total. The van der Waals surface area contributed by atoms with E-state index in [1.54, 1.807) is 24.3 Å². The lowest BCUT2D eigenvalue weighted by atomic mass is 9.94. The van der Waals surface area contributed by atoms with Gasteiger partial charge in [-0.25, -0.2) is 0 Å². The summed E-state index contributed by atoms with van der Waals surface area (Å²) in [5.74, 6) is 1.03. The summed E-state index contributed by atoms with van der Waals surface area (Å²) in [5, 5.41) is 6.43. The monoisotopic (exact) mass is 387 g/mol. The van der Waals surface area contributed by atoms with E-state index in [1.807, 2.05) is 4.90 Å². The molecule has 2 heterocycles. The predicted octanol–water partition coefficient (Wildman–Crippen LogP) is 2.58. The van der Waals surface area contributed by atoms with Crippen molar-refractivity contribution in [2.45, 2.75) is 64.6 Å². The molecule has 6 heteroatoms. The molecular weight excluding hydrogens is 354 g/mol. The van der Waals surface area contributed by atoms with Crippen LogP contribution in [0.5, 0.6) is 5.75 Å². The van der Waals surface area contributed by atoms with E-state index in [9.17, 15) is 9.59 Å². The summed E-state index contributed by atoms with van der Waals surface area (Å²) in [4.78, 5) is 27.0. The lowest BCUT2D eigenvalue weighted by Crippen LogP contribution is -2.50. The van der Waals surface area contributed by atoms with Crippen molar-refractivity contribution in [3.05, 3.63) is 29.8 Å². The number of amides is 2. The number of likely N-dealkylation sites (tertiary alicyclic amines) is 1. The summed E-state index contributed by atoms with van der Waals surface area (Å²) in [5.41, 5.74) is 0.606. The molecule has 0 bridgehead atoms. The molecule has 2 saturated heterocycles. The van der Waals surface area contributed by atoms with Crippen molar-refractivity contribution in [3.63, 3.8) is 0 Å². The summed E-state index contributed by atoms with van der Waals surface area (Å²) in [7, 11) is 0. The summed E-state index contributed by atoms with van der Waals surface area (Å²) in [6, 6.07) is 7.71. The van der Waals surface area contributed by atoms with E-state index in [4.69, 9.17) is 4.74 Å². The highest BCUT2D eigenvalue weighted by Crippen LogP contribution is 2.23. The van der Waals surface area contributed by atoms with Crippen LogP contribution < -0.4 is 15.4 Å². The third kappa shape index (κ3) is 5.04. The van der Waals surface area contributed by atoms with Gasteiger partial charge in [0, 0.05) is 30.2 Å². The van der Waals surface area contributed by atoms with Gasteiger partial charge in [0.25, 0.3) is 11.8 Å². The molecule has 2 aliphatic heterocycles. The minimum atomic E-state index is -0.0702. The highest BCUT2D eigenvalue weighted by atomic mass is 16.5. The maximum atomic E-state index is 12.6. The molecule has 3 rings (SSSR count). The highest BCUT2D eigenvalue weighted by Gasteiger charge is 2.29. The van der Waals surface area contributed by atoms with Gasteiger partial charge in [-0.3, -0.25) is 9.59 Å². The Morgan fingerprint density at radius 3 is 2.43 bits per heavy atom. The number of nitrogens with one attached hydrogen (secondary N) is 2. The molecule has 0 spiro atoms. The van der Waals surface area contributed by atoms with Crippen LogP contribution in [0.1, 0.15) is 56.8 Å². The fourth-order valence-corrected chi connectivity index (χ4v) is 4.27. The average molecular weight is 388 g/mol. The molecule has 6 nitrogen and oxygen atoms in total. The Kier molecular flexibility index (Phi) is 6.94. The van der Waals surface area contributed by atoms with Crippen LogP contribution in [0.3, 0.4) is 0 Å². The number of nitrogens with zero attached hydrogens (tertiary/aromatic N) is 1. The Morgan fingerprint density at radius 1 is 1.11 bits per heavy atom. The zero-order valence-corrected chi connectivity index (χ0v) is 17.2. The molecule has 154 valence electrons. The molecule has 4 unspecified atom stereocenters. The van der Waals surface area contributed by atoms with Gasteiger partial charge in [-0.2, -0.15) is 0 Å². The van der Waals surface area contributed by atoms with E-state index in [-0.39, 0.29) is 36.5 Å². The number of benzene rings is 1. The molecular formula is C22H33N3O3. The normalized spacial score (nSPS) is 27.9. The van der Waals surface area contributed by atoms with Gasteiger partial charge in [0.05, 0.1) is 0 Å². The zero-order valence-electron chi connectivity index (χ0n) is 17.2. The second-order valence-corrected chi connectivity index (χ2v) is 8.29. The largest absolute Gasteiger partial charge is 0.484 e. The standard InChI is InChI=1S/C22H33N3O3/c1-15-11-12-23-13-20(15)24-22(27)18-7-9-19(10-8-18)28-14-21(26)25-16(2)5-4-6-17(25)3/h7-10,15-17,20,23H,4-6,11-14H2,1-3H3,(H,24,27). The number of carbonyl (C=O) groups excluding carboxylic acids is 2. The Bertz CT molecular complexity index is 666. The van der Waals surface area contributed by atoms with E-state index in [0.717, 1.165) is 32.4 Å². The molecule has 1 aromatic carbocycles. The van der Waals surface area contributed by atoms with Crippen molar-refractivity contribution in [3.8, 4) is 5.75 Å². The maximum absolute atomic E-state index is 12.6. The van der Waals surface area contributed by atoms with Crippen LogP contribution in [0.2, 0.25) is 0 Å². The van der Waals surface area contributed by atoms with Gasteiger partial charge in [0.15, 0.2) is 6.61 Å². The molecule has 0 radical (unpaired) electrons. The van der Waals surface area contributed by atoms with Gasteiger partial charge >= 0.3 is 0 Å². The molecule has 0 aliphatic carbocycles. The Labute approximate surface area is 168 Å². The minimum Gasteiger partial charge on any atom is -0.484 e. The van der Waals surface area contributed by atoms with E-state index < -0.39 is 0 Å². The zero-order chi connectivity index (χ0) is 20.1. The van der Waals surface area contributed by atoms with Crippen molar-refractivity contribution in [1.82, 2.24) is 15.5 Å². The topological polar surface area (TPSA) is 70.7 Å². The van der Waals surface area contributed by atoms with Crippen molar-refractivity contribution in [2.24, 2.45) is 5.92 Å². The van der Waals surface area contributed by atoms with Crippen molar-refractivity contribution in [2.75, 3.05) is 19.7 Å². The van der Waals surface area contributed by atoms with Gasteiger partial charge in [-0.05, 0) is 76.3 Å². The number of rotatable bonds is 5. The lowest BCUT2D eigenvalue weighted by molar-refractivity contribution is -0.139. The second-order valence-electron chi connectivity index (χ2n) is 8.29. The number of piperidine rings is 2. The van der Waals surface area contributed by atoms with Gasteiger partial charge in [0.2, 0.25) is 0 Å². The van der Waals surface area contributed by atoms with Crippen LogP contribution in [0.4, 0.5) is 0 Å². The fraction of sp³-hybridized carbons (Fsp3) is 0.636. The fourth-order valence-electron chi connectivity index (χ4n) is 4.27. The summed E-state index contributed by atoms with van der Waals surface area (Å²) < 4.78 is 5.69. The van der Waals surface area contributed by atoms with Gasteiger partial charge in [-0.1, -0.05) is 6.92 Å². The lowest BCUT2D eigenvalue weighted by Gasteiger charge is -2.38. The van der Waals surface area contributed by atoms with Crippen LogP contribution in [0.25, 0.3) is 0 Å². The first-order valence-electron chi connectivity index (χ1n) is 10.5. The summed E-state index contributed by atoms with van der Waals surface area (Å²) >= 11 is 0. The van der Waals surface area contributed by atoms with Crippen LogP contribution in [0.15, 0.2) is 24.3 Å². The number of ether oxygens (including phenoxy) is 1. The highest BCUT2D eigenvalue weighted by molar-refractivity contribution is 5.94. The van der Waals surface area contributed by atoms with E-state index in [0.29, 0.717) is 17.2 Å². The van der Waals surface area contributed by atoms with Crippen molar-refractivity contribution in [1.29, 1.82) is 0 Å². The second kappa shape index (κ2) is 9.41. The molecule has 2 amide bonds. The number of carbonyl (C=O) groups is 2. The van der Waals surface area contributed by atoms with Crippen LogP contribution in [-0.2, 0) is 4.79 Å². The number of hydrogen-bond donors (Lipinski definition) is 2. The average Bonchev–Trinajstić information content (AvgIpc) is 2.68. The van der Waals surface area contributed by atoms with Gasteiger partial charge in [-0.15, -0.1) is 0 Å². The summed E-state index contributed by atoms with van der Waals surface area (Å²) in [6.07, 6.45) is 4.34. The molecule has 2 aliphatic rings. The Morgan fingerprint density at radius 2 is 1.79 bits per heavy atom. The molecule has 28 heavy (non-hydrogen) atoms. The molecule has 0 saturated carbocycles. The van der Waals surface area contributed by atoms with Crippen molar-refractivity contribution >= 4 is 11.8 Å². The molecule has 1 aromatic rings. The van der Waals surface area contributed by atoms with E-state index in [2.05, 4.69) is 31.4 Å².